The first-order valence-corrected chi connectivity index (χ1v) is 12.2. The van der Waals surface area contributed by atoms with E-state index in [1.807, 2.05) is 0 Å². The third-order valence-electron chi connectivity index (χ3n) is 4.15. The van der Waals surface area contributed by atoms with Crippen molar-refractivity contribution in [3.8, 4) is 0 Å². The van der Waals surface area contributed by atoms with Crippen LogP contribution in [0.2, 0.25) is 10.0 Å². The van der Waals surface area contributed by atoms with E-state index in [0.717, 1.165) is 12.1 Å². The molecule has 0 radical (unpaired) electrons. The van der Waals surface area contributed by atoms with Crippen molar-refractivity contribution >= 4 is 63.2 Å². The van der Waals surface area contributed by atoms with Crippen molar-refractivity contribution in [2.75, 3.05) is 10.6 Å². The van der Waals surface area contributed by atoms with Crippen molar-refractivity contribution in [1.29, 1.82) is 0 Å². The molecule has 0 unspecified atom stereocenters. The highest BCUT2D eigenvalue weighted by Crippen LogP contribution is 2.43. The smallest absolute Gasteiger partial charge is 0.345 e. The number of nitrogens with zero attached hydrogens (tertiary/aromatic N) is 1. The Morgan fingerprint density at radius 3 is 2.20 bits per heavy atom. The first kappa shape index (κ1) is 22.6. The molecule has 3 rings (SSSR count). The number of sulfonamides is 1. The lowest BCUT2D eigenvalue weighted by Gasteiger charge is -2.27. The largest absolute Gasteiger partial charge is 0.366 e. The van der Waals surface area contributed by atoms with Gasteiger partial charge in [0.15, 0.2) is 0 Å². The fourth-order valence-electron chi connectivity index (χ4n) is 2.96. The molecule has 0 aliphatic carbocycles. The predicted molar refractivity (Wildman–Crippen MR) is 116 cm³/mol. The maximum absolute atomic E-state index is 13.4. The summed E-state index contributed by atoms with van der Waals surface area (Å²) >= 11 is 11.8. The van der Waals surface area contributed by atoms with Gasteiger partial charge in [0.25, 0.3) is 15.9 Å². The summed E-state index contributed by atoms with van der Waals surface area (Å²) in [6, 6.07) is 12.8. The molecule has 0 atom stereocenters. The van der Waals surface area contributed by atoms with Gasteiger partial charge in [-0.1, -0.05) is 53.5 Å². The van der Waals surface area contributed by atoms with E-state index in [2.05, 4.69) is 0 Å². The van der Waals surface area contributed by atoms with Crippen molar-refractivity contribution in [1.82, 2.24) is 0 Å². The number of carbonyl (C=O) groups is 1. The van der Waals surface area contributed by atoms with Crippen LogP contribution in [-0.4, -0.2) is 30.4 Å². The molecule has 3 aromatic rings. The average Bonchev–Trinajstić information content (AvgIpc) is 2.63. The molecule has 0 saturated heterocycles. The van der Waals surface area contributed by atoms with Crippen molar-refractivity contribution in [2.24, 2.45) is 5.73 Å². The second-order valence-electron chi connectivity index (χ2n) is 6.31. The van der Waals surface area contributed by atoms with Crippen LogP contribution in [0.3, 0.4) is 0 Å². The minimum absolute atomic E-state index is 0.00486. The Bertz CT molecular complexity index is 1290. The lowest BCUT2D eigenvalue weighted by Crippen LogP contribution is -2.34. The monoisotopic (exact) mass is 488 g/mol. The normalized spacial score (nSPS) is 12.1. The highest BCUT2D eigenvalue weighted by atomic mass is 35.5. The molecule has 0 fully saturated rings. The molecule has 1 amide bonds. The molecule has 3 aromatic carbocycles. The number of nitrogens with two attached hydrogens (primary N) is 1. The Kier molecular flexibility index (Phi) is 6.15. The van der Waals surface area contributed by atoms with E-state index in [1.54, 1.807) is 24.3 Å². The van der Waals surface area contributed by atoms with Crippen LogP contribution in [0.4, 0.5) is 5.69 Å². The number of carbonyl (C=O) groups excluding carboxylic acids is 1. The molecule has 0 aliphatic heterocycles. The number of halogens is 2. The van der Waals surface area contributed by atoms with Gasteiger partial charge in [-0.3, -0.25) is 13.7 Å². The topological polar surface area (TPSA) is 138 Å². The lowest BCUT2D eigenvalue weighted by molar-refractivity contribution is 0.100. The quantitative estimate of drug-likeness (QED) is 0.453. The predicted octanol–water partition coefficient (Wildman–Crippen LogP) is 3.58. The van der Waals surface area contributed by atoms with Crippen LogP contribution in [0.25, 0.3) is 10.8 Å². The van der Waals surface area contributed by atoms with Crippen molar-refractivity contribution in [3.63, 3.8) is 0 Å². The summed E-state index contributed by atoms with van der Waals surface area (Å²) < 4.78 is 39.2. The van der Waals surface area contributed by atoms with Crippen LogP contribution in [0.15, 0.2) is 59.5 Å². The summed E-state index contributed by atoms with van der Waals surface area (Å²) in [5.74, 6) is -0.967. The number of primary amides is 1. The zero-order valence-corrected chi connectivity index (χ0v) is 18.3. The van der Waals surface area contributed by atoms with E-state index in [-0.39, 0.29) is 26.7 Å². The number of fused-ring (bicyclic) bond motifs is 1. The third-order valence-corrected chi connectivity index (χ3v) is 7.15. The van der Waals surface area contributed by atoms with E-state index in [0.29, 0.717) is 9.69 Å². The van der Waals surface area contributed by atoms with Gasteiger partial charge < -0.3 is 15.5 Å². The minimum Gasteiger partial charge on any atom is -0.366 e. The summed E-state index contributed by atoms with van der Waals surface area (Å²) in [6.07, 6.45) is -1.23. The standard InChI is InChI=1S/C18H15Cl2N2O6PS/c19-12-7-13(20)9-14(8-12)30(27,28)22(10-29(24,25)26)17-15-4-2-1-3-11(15)5-6-16(17)18(21)23/h1-9H,10H2,(H2,21,23)(H2,24,25,26). The summed E-state index contributed by atoms with van der Waals surface area (Å²) in [7, 11) is -9.54. The number of amides is 1. The first-order chi connectivity index (χ1) is 13.9. The van der Waals surface area contributed by atoms with Crippen molar-refractivity contribution < 1.29 is 27.6 Å². The number of hydrogen-bond acceptors (Lipinski definition) is 4. The Balaban J connectivity index is 2.40. The maximum Gasteiger partial charge on any atom is 0.345 e. The van der Waals surface area contributed by atoms with Crippen LogP contribution >= 0.6 is 30.8 Å². The van der Waals surface area contributed by atoms with Gasteiger partial charge in [-0.2, -0.15) is 0 Å². The maximum atomic E-state index is 13.4. The summed E-state index contributed by atoms with van der Waals surface area (Å²) in [4.78, 5) is 30.9. The van der Waals surface area contributed by atoms with Crippen LogP contribution in [0.1, 0.15) is 10.4 Å². The molecule has 8 nitrogen and oxygen atoms in total. The van der Waals surface area contributed by atoms with E-state index in [1.165, 1.54) is 18.2 Å². The fourth-order valence-corrected chi connectivity index (χ4v) is 6.40. The van der Waals surface area contributed by atoms with Gasteiger partial charge >= 0.3 is 7.60 Å². The Morgan fingerprint density at radius 2 is 1.63 bits per heavy atom. The van der Waals surface area contributed by atoms with E-state index >= 15 is 0 Å². The number of anilines is 1. The highest BCUT2D eigenvalue weighted by molar-refractivity contribution is 7.93. The SMILES string of the molecule is NC(=O)c1ccc2ccccc2c1N(CP(=O)(O)O)S(=O)(=O)c1cc(Cl)cc(Cl)c1. The molecule has 30 heavy (non-hydrogen) atoms. The Morgan fingerprint density at radius 1 is 1.03 bits per heavy atom. The van der Waals surface area contributed by atoms with E-state index in [9.17, 15) is 27.6 Å². The highest BCUT2D eigenvalue weighted by Gasteiger charge is 2.34. The molecule has 0 heterocycles. The average molecular weight is 489 g/mol. The first-order valence-electron chi connectivity index (χ1n) is 8.25. The molecule has 0 aliphatic rings. The second kappa shape index (κ2) is 8.19. The van der Waals surface area contributed by atoms with E-state index < -0.39 is 34.7 Å². The minimum atomic E-state index is -4.93. The van der Waals surface area contributed by atoms with Crippen LogP contribution in [0, 0.1) is 0 Å². The molecular weight excluding hydrogens is 474 g/mol. The molecule has 158 valence electrons. The Hall–Kier alpha value is -2.13. The van der Waals surface area contributed by atoms with Gasteiger partial charge in [-0.25, -0.2) is 8.42 Å². The Labute approximate surface area is 182 Å². The zero-order chi connectivity index (χ0) is 22.3. The molecular formula is C18H15Cl2N2O6PS. The molecule has 0 saturated carbocycles. The lowest BCUT2D eigenvalue weighted by atomic mass is 10.0. The summed E-state index contributed by atoms with van der Waals surface area (Å²) in [5, 5.41) is 0.807. The molecule has 0 aromatic heterocycles. The van der Waals surface area contributed by atoms with Gasteiger partial charge in [0.1, 0.15) is 6.29 Å². The van der Waals surface area contributed by atoms with Gasteiger partial charge in [-0.05, 0) is 29.7 Å². The number of benzene rings is 3. The molecule has 12 heteroatoms. The van der Waals surface area contributed by atoms with Gasteiger partial charge in [0.2, 0.25) is 0 Å². The third kappa shape index (κ3) is 4.62. The second-order valence-corrected chi connectivity index (χ2v) is 10.7. The van der Waals surface area contributed by atoms with Gasteiger partial charge in [0.05, 0.1) is 16.1 Å². The summed E-state index contributed by atoms with van der Waals surface area (Å²) in [6.45, 7) is 0. The molecule has 0 bridgehead atoms. The van der Waals surface area contributed by atoms with Crippen LogP contribution < -0.4 is 10.0 Å². The van der Waals surface area contributed by atoms with E-state index in [4.69, 9.17) is 28.9 Å². The van der Waals surface area contributed by atoms with Gasteiger partial charge in [0, 0.05) is 15.4 Å². The van der Waals surface area contributed by atoms with Crippen LogP contribution in [-0.2, 0) is 14.6 Å². The van der Waals surface area contributed by atoms with Crippen molar-refractivity contribution in [2.45, 2.75) is 4.90 Å². The molecule has 0 spiro atoms. The van der Waals surface area contributed by atoms with Crippen molar-refractivity contribution in [3.05, 3.63) is 70.2 Å². The van der Waals surface area contributed by atoms with Crippen LogP contribution in [0.5, 0.6) is 0 Å². The molecule has 4 N–H and O–H groups in total. The zero-order valence-electron chi connectivity index (χ0n) is 15.1. The van der Waals surface area contributed by atoms with Gasteiger partial charge in [-0.15, -0.1) is 0 Å². The fraction of sp³-hybridized carbons (Fsp3) is 0.0556. The summed E-state index contributed by atoms with van der Waals surface area (Å²) in [5.41, 5.74) is 4.97. The number of hydrogen-bond donors (Lipinski definition) is 3. The number of rotatable bonds is 6.